The van der Waals surface area contributed by atoms with E-state index in [0.717, 1.165) is 23.4 Å². The van der Waals surface area contributed by atoms with Gasteiger partial charge in [-0.25, -0.2) is 0 Å². The molecule has 4 nitrogen and oxygen atoms in total. The van der Waals surface area contributed by atoms with Crippen LogP contribution in [-0.4, -0.2) is 19.7 Å². The molecular formula is C13H17NO3. The molecule has 0 aliphatic carbocycles. The highest BCUT2D eigenvalue weighted by Gasteiger charge is 2.30. The molecule has 0 aromatic heterocycles. The van der Waals surface area contributed by atoms with E-state index in [0.29, 0.717) is 6.61 Å². The summed E-state index contributed by atoms with van der Waals surface area (Å²) in [4.78, 5) is 11.5. The van der Waals surface area contributed by atoms with Crippen molar-refractivity contribution in [1.29, 1.82) is 0 Å². The first-order valence-electron chi connectivity index (χ1n) is 5.71. The lowest BCUT2D eigenvalue weighted by molar-refractivity contribution is -0.147. The minimum Gasteiger partial charge on any atom is -0.493 e. The van der Waals surface area contributed by atoms with Gasteiger partial charge in [-0.3, -0.25) is 4.79 Å². The van der Waals surface area contributed by atoms with Gasteiger partial charge in [0.1, 0.15) is 5.75 Å². The summed E-state index contributed by atoms with van der Waals surface area (Å²) in [5.74, 6) is 0.585. The molecule has 4 heteroatoms. The quantitative estimate of drug-likeness (QED) is 0.625. The first kappa shape index (κ1) is 11.8. The van der Waals surface area contributed by atoms with Gasteiger partial charge < -0.3 is 15.2 Å². The van der Waals surface area contributed by atoms with Crippen LogP contribution in [0, 0.1) is 11.8 Å². The molecule has 2 atom stereocenters. The molecule has 2 unspecified atom stereocenters. The molecule has 0 bridgehead atoms. The lowest BCUT2D eigenvalue weighted by atomic mass is 9.86. The van der Waals surface area contributed by atoms with Crippen molar-refractivity contribution in [2.45, 2.75) is 13.3 Å². The van der Waals surface area contributed by atoms with Gasteiger partial charge in [0.2, 0.25) is 0 Å². The molecule has 1 aliphatic rings. The molecular weight excluding hydrogens is 218 g/mol. The number of nitrogen functional groups attached to an aromatic ring is 1. The minimum absolute atomic E-state index is 0.125. The Labute approximate surface area is 101 Å². The number of carbonyl (C=O) groups is 1. The van der Waals surface area contributed by atoms with E-state index in [9.17, 15) is 4.79 Å². The van der Waals surface area contributed by atoms with Crippen molar-refractivity contribution in [3.05, 3.63) is 23.8 Å². The van der Waals surface area contributed by atoms with E-state index in [2.05, 4.69) is 0 Å². The Morgan fingerprint density at radius 2 is 2.35 bits per heavy atom. The third kappa shape index (κ3) is 2.20. The highest BCUT2D eigenvalue weighted by Crippen LogP contribution is 2.34. The molecule has 2 rings (SSSR count). The predicted octanol–water partition coefficient (Wildman–Crippen LogP) is 1.63. The number of methoxy groups -OCH3 is 1. The van der Waals surface area contributed by atoms with Crippen molar-refractivity contribution in [3.63, 3.8) is 0 Å². The summed E-state index contributed by atoms with van der Waals surface area (Å²) in [6, 6.07) is 5.64. The summed E-state index contributed by atoms with van der Waals surface area (Å²) in [7, 11) is 1.41. The molecule has 0 amide bonds. The molecule has 1 heterocycles. The van der Waals surface area contributed by atoms with Crippen LogP contribution in [0.15, 0.2) is 18.2 Å². The normalized spacial score (nSPS) is 20.0. The first-order chi connectivity index (χ1) is 8.13. The third-order valence-corrected chi connectivity index (χ3v) is 3.37. The zero-order chi connectivity index (χ0) is 12.4. The van der Waals surface area contributed by atoms with Crippen molar-refractivity contribution in [1.82, 2.24) is 0 Å². The third-order valence-electron chi connectivity index (χ3n) is 3.37. The van der Waals surface area contributed by atoms with Gasteiger partial charge in [0, 0.05) is 17.2 Å². The Bertz CT molecular complexity index is 431. The van der Waals surface area contributed by atoms with Crippen LogP contribution < -0.4 is 10.5 Å². The van der Waals surface area contributed by atoms with E-state index >= 15 is 0 Å². The average molecular weight is 235 g/mol. The van der Waals surface area contributed by atoms with E-state index < -0.39 is 0 Å². The Balaban J connectivity index is 2.18. The van der Waals surface area contributed by atoms with Gasteiger partial charge in [-0.05, 0) is 18.6 Å². The van der Waals surface area contributed by atoms with E-state index in [-0.39, 0.29) is 17.8 Å². The largest absolute Gasteiger partial charge is 0.493 e. The number of rotatable bonds is 2. The molecule has 0 saturated heterocycles. The van der Waals surface area contributed by atoms with Crippen molar-refractivity contribution in [3.8, 4) is 5.75 Å². The number of hydrogen-bond donors (Lipinski definition) is 1. The smallest absolute Gasteiger partial charge is 0.308 e. The second kappa shape index (κ2) is 4.65. The molecule has 17 heavy (non-hydrogen) atoms. The molecule has 1 aromatic carbocycles. The summed E-state index contributed by atoms with van der Waals surface area (Å²) in [6.45, 7) is 2.40. The van der Waals surface area contributed by atoms with E-state index in [4.69, 9.17) is 15.2 Å². The number of benzene rings is 1. The van der Waals surface area contributed by atoms with Gasteiger partial charge in [-0.15, -0.1) is 0 Å². The van der Waals surface area contributed by atoms with Gasteiger partial charge in [-0.2, -0.15) is 0 Å². The van der Waals surface area contributed by atoms with Gasteiger partial charge in [0.15, 0.2) is 0 Å². The number of anilines is 1. The zero-order valence-corrected chi connectivity index (χ0v) is 10.1. The van der Waals surface area contributed by atoms with Crippen LogP contribution >= 0.6 is 0 Å². The van der Waals surface area contributed by atoms with Crippen LogP contribution in [-0.2, 0) is 16.0 Å². The molecule has 0 saturated carbocycles. The Hall–Kier alpha value is -1.71. The number of hydrogen-bond acceptors (Lipinski definition) is 4. The zero-order valence-electron chi connectivity index (χ0n) is 10.1. The number of ether oxygens (including phenoxy) is 2. The molecule has 0 fully saturated rings. The maximum atomic E-state index is 11.5. The number of nitrogens with two attached hydrogens (primary N) is 1. The number of esters is 1. The summed E-state index contributed by atoms with van der Waals surface area (Å²) in [5, 5.41) is 0. The van der Waals surface area contributed by atoms with Crippen molar-refractivity contribution < 1.29 is 14.3 Å². The SMILES string of the molecule is COC(=O)C(C)C1COc2cccc(N)c2C1. The fourth-order valence-corrected chi connectivity index (χ4v) is 2.15. The lowest BCUT2D eigenvalue weighted by Gasteiger charge is -2.29. The van der Waals surface area contributed by atoms with Gasteiger partial charge in [-0.1, -0.05) is 13.0 Å². The highest BCUT2D eigenvalue weighted by atomic mass is 16.5. The average Bonchev–Trinajstić information content (AvgIpc) is 2.37. The molecule has 92 valence electrons. The van der Waals surface area contributed by atoms with E-state index in [1.54, 1.807) is 0 Å². The van der Waals surface area contributed by atoms with Crippen LogP contribution in [0.5, 0.6) is 5.75 Å². The molecule has 1 aromatic rings. The fraction of sp³-hybridized carbons (Fsp3) is 0.462. The number of carbonyl (C=O) groups excluding carboxylic acids is 1. The Morgan fingerprint density at radius 1 is 1.59 bits per heavy atom. The monoisotopic (exact) mass is 235 g/mol. The second-order valence-electron chi connectivity index (χ2n) is 4.41. The predicted molar refractivity (Wildman–Crippen MR) is 64.7 cm³/mol. The fourth-order valence-electron chi connectivity index (χ4n) is 2.15. The van der Waals surface area contributed by atoms with Gasteiger partial charge >= 0.3 is 5.97 Å². The topological polar surface area (TPSA) is 61.5 Å². The maximum absolute atomic E-state index is 11.5. The standard InChI is InChI=1S/C13H17NO3/c1-8(13(15)16-2)9-6-10-11(14)4-3-5-12(10)17-7-9/h3-5,8-9H,6-7,14H2,1-2H3. The van der Waals surface area contributed by atoms with Crippen LogP contribution in [0.3, 0.4) is 0 Å². The van der Waals surface area contributed by atoms with Crippen LogP contribution in [0.2, 0.25) is 0 Å². The second-order valence-corrected chi connectivity index (χ2v) is 4.41. The Morgan fingerprint density at radius 3 is 3.06 bits per heavy atom. The maximum Gasteiger partial charge on any atom is 0.308 e. The van der Waals surface area contributed by atoms with Crippen LogP contribution in [0.1, 0.15) is 12.5 Å². The first-order valence-corrected chi connectivity index (χ1v) is 5.71. The summed E-state index contributed by atoms with van der Waals surface area (Å²) in [6.07, 6.45) is 0.762. The highest BCUT2D eigenvalue weighted by molar-refractivity contribution is 5.72. The number of fused-ring (bicyclic) bond motifs is 1. The summed E-state index contributed by atoms with van der Waals surface area (Å²) in [5.41, 5.74) is 7.64. The van der Waals surface area contributed by atoms with Crippen molar-refractivity contribution in [2.75, 3.05) is 19.5 Å². The van der Waals surface area contributed by atoms with E-state index in [1.807, 2.05) is 25.1 Å². The van der Waals surface area contributed by atoms with E-state index in [1.165, 1.54) is 7.11 Å². The molecule has 0 spiro atoms. The Kier molecular flexibility index (Phi) is 3.22. The minimum atomic E-state index is -0.198. The molecule has 1 aliphatic heterocycles. The van der Waals surface area contributed by atoms with Gasteiger partial charge in [0.05, 0.1) is 19.6 Å². The molecule has 0 radical (unpaired) electrons. The van der Waals surface area contributed by atoms with Crippen LogP contribution in [0.4, 0.5) is 5.69 Å². The van der Waals surface area contributed by atoms with Gasteiger partial charge in [0.25, 0.3) is 0 Å². The molecule has 2 N–H and O–H groups in total. The van der Waals surface area contributed by atoms with Crippen molar-refractivity contribution in [2.24, 2.45) is 11.8 Å². The lowest BCUT2D eigenvalue weighted by Crippen LogP contribution is -2.32. The van der Waals surface area contributed by atoms with Crippen LogP contribution in [0.25, 0.3) is 0 Å². The summed E-state index contributed by atoms with van der Waals surface area (Å²) < 4.78 is 10.4. The van der Waals surface area contributed by atoms with Crippen molar-refractivity contribution >= 4 is 11.7 Å². The summed E-state index contributed by atoms with van der Waals surface area (Å²) >= 11 is 0.